The van der Waals surface area contributed by atoms with E-state index in [4.69, 9.17) is 5.11 Å². The van der Waals surface area contributed by atoms with Gasteiger partial charge in [0.25, 0.3) is 5.78 Å². The second-order valence-electron chi connectivity index (χ2n) is 6.44. The van der Waals surface area contributed by atoms with Crippen LogP contribution in [-0.2, 0) is 0 Å². The Hall–Kier alpha value is -2.70. The van der Waals surface area contributed by atoms with Crippen molar-refractivity contribution < 1.29 is 25.5 Å². The Kier molecular flexibility index (Phi) is 4.25. The number of aromatic amines is 1. The molecule has 0 aliphatic rings. The molecule has 3 aromatic heterocycles. The van der Waals surface area contributed by atoms with Crippen molar-refractivity contribution in [2.75, 3.05) is 6.61 Å². The molecule has 0 amide bonds. The molecule has 0 radical (unpaired) electrons. The van der Waals surface area contributed by atoms with E-state index in [2.05, 4.69) is 25.4 Å². The smallest absolute Gasteiger partial charge is 0.275 e. The highest BCUT2D eigenvalue weighted by molar-refractivity contribution is 6.04. The zero-order chi connectivity index (χ0) is 19.3. The van der Waals surface area contributed by atoms with E-state index in [1.165, 1.54) is 4.40 Å². The Morgan fingerprint density at radius 2 is 1.78 bits per heavy atom. The number of nitrogens with zero attached hydrogens (tertiary/aromatic N) is 5. The highest BCUT2D eigenvalue weighted by Gasteiger charge is 2.34. The van der Waals surface area contributed by atoms with Gasteiger partial charge in [0, 0.05) is 10.9 Å². The van der Waals surface area contributed by atoms with Crippen LogP contribution in [0.15, 0.2) is 18.2 Å². The maximum atomic E-state index is 10.5. The normalized spacial score (nSPS) is 16.8. The summed E-state index contributed by atoms with van der Waals surface area (Å²) in [6, 6.07) is 5.75. The quantitative estimate of drug-likeness (QED) is 0.245. The fourth-order valence-corrected chi connectivity index (χ4v) is 3.07. The van der Waals surface area contributed by atoms with Gasteiger partial charge in [0.15, 0.2) is 5.82 Å². The van der Waals surface area contributed by atoms with E-state index >= 15 is 0 Å². The van der Waals surface area contributed by atoms with Crippen molar-refractivity contribution in [3.05, 3.63) is 29.6 Å². The summed E-state index contributed by atoms with van der Waals surface area (Å²) in [5, 5.41) is 65.6. The highest BCUT2D eigenvalue weighted by atomic mass is 16.4. The van der Waals surface area contributed by atoms with E-state index in [0.717, 1.165) is 16.5 Å². The number of fused-ring (bicyclic) bond motifs is 5. The number of aliphatic hydroxyl groups excluding tert-OH is 5. The molecule has 6 N–H and O–H groups in total. The number of hydrogen-bond donors (Lipinski definition) is 6. The fourth-order valence-electron chi connectivity index (χ4n) is 3.07. The van der Waals surface area contributed by atoms with Gasteiger partial charge in [0.2, 0.25) is 0 Å². The van der Waals surface area contributed by atoms with Crippen molar-refractivity contribution in [1.82, 2.24) is 29.8 Å². The zero-order valence-electron chi connectivity index (χ0n) is 14.2. The van der Waals surface area contributed by atoms with Crippen molar-refractivity contribution >= 4 is 27.8 Å². The van der Waals surface area contributed by atoms with Crippen LogP contribution in [0.25, 0.3) is 27.8 Å². The van der Waals surface area contributed by atoms with Gasteiger partial charge in [0.1, 0.15) is 35.6 Å². The van der Waals surface area contributed by atoms with Gasteiger partial charge in [-0.1, -0.05) is 11.6 Å². The average Bonchev–Trinajstić information content (AvgIpc) is 3.26. The molecule has 11 nitrogen and oxygen atoms in total. The van der Waals surface area contributed by atoms with Crippen LogP contribution in [0.4, 0.5) is 0 Å². The lowest BCUT2D eigenvalue weighted by Gasteiger charge is -2.24. The van der Waals surface area contributed by atoms with E-state index in [9.17, 15) is 20.4 Å². The first-order valence-electron chi connectivity index (χ1n) is 8.25. The summed E-state index contributed by atoms with van der Waals surface area (Å²) in [6.45, 7) is 1.17. The summed E-state index contributed by atoms with van der Waals surface area (Å²) >= 11 is 0. The summed E-state index contributed by atoms with van der Waals surface area (Å²) in [5.74, 6) is -0.00547. The summed E-state index contributed by atoms with van der Waals surface area (Å²) in [4.78, 5) is 3.17. The van der Waals surface area contributed by atoms with Gasteiger partial charge >= 0.3 is 0 Å². The molecular weight excluding hydrogens is 356 g/mol. The predicted octanol–water partition coefficient (Wildman–Crippen LogP) is -1.43. The molecule has 0 unspecified atom stereocenters. The minimum absolute atomic E-state index is 0.0872. The molecule has 11 heteroatoms. The van der Waals surface area contributed by atoms with Gasteiger partial charge in [-0.2, -0.15) is 0 Å². The number of rotatable bonds is 5. The lowest BCUT2D eigenvalue weighted by atomic mass is 10.0. The molecule has 4 rings (SSSR count). The number of aryl methyl sites for hydroxylation is 1. The molecule has 0 bridgehead atoms. The topological polar surface area (TPSA) is 173 Å². The lowest BCUT2D eigenvalue weighted by molar-refractivity contribution is -0.118. The molecule has 0 aliphatic heterocycles. The first-order chi connectivity index (χ1) is 12.9. The first kappa shape index (κ1) is 17.7. The summed E-state index contributed by atoms with van der Waals surface area (Å²) in [7, 11) is 0. The summed E-state index contributed by atoms with van der Waals surface area (Å²) < 4.78 is 1.39. The molecule has 1 aromatic carbocycles. The first-order valence-corrected chi connectivity index (χ1v) is 8.25. The van der Waals surface area contributed by atoms with E-state index in [-0.39, 0.29) is 11.6 Å². The second kappa shape index (κ2) is 6.48. The van der Waals surface area contributed by atoms with Crippen LogP contribution in [0.1, 0.15) is 17.5 Å². The van der Waals surface area contributed by atoms with Crippen LogP contribution < -0.4 is 0 Å². The molecule has 0 aliphatic carbocycles. The van der Waals surface area contributed by atoms with Crippen LogP contribution in [-0.4, -0.2) is 80.2 Å². The maximum absolute atomic E-state index is 10.5. The van der Waals surface area contributed by atoms with Crippen molar-refractivity contribution in [2.24, 2.45) is 0 Å². The number of benzene rings is 1. The summed E-state index contributed by atoms with van der Waals surface area (Å²) in [6.07, 6.45) is -6.91. The number of hydrogen-bond acceptors (Lipinski definition) is 9. The Bertz CT molecular complexity index is 1120. The van der Waals surface area contributed by atoms with Gasteiger partial charge in [-0.15, -0.1) is 20.4 Å². The fraction of sp³-hybridized carbons (Fsp3) is 0.375. The SMILES string of the molecule is Cc1ccc2[nH]c3c(nnc4nnc([C@H](O)[C@@H](O)[C@@H](O)[C@@H](O)CO)n43)c2c1. The Morgan fingerprint density at radius 1 is 1.04 bits per heavy atom. The maximum Gasteiger partial charge on any atom is 0.275 e. The standard InChI is InChI=1S/C16H18N6O5/c1-6-2-3-8-7(4-6)10-14(17-8)22-15(19-21-16(22)20-18-10)13(27)12(26)11(25)9(24)5-23/h2-4,9,11-13,17,23-27H,5H2,1H3/t9-,11-,12-,13+/m0/s1. The average molecular weight is 374 g/mol. The van der Waals surface area contributed by atoms with Crippen LogP contribution >= 0.6 is 0 Å². The Morgan fingerprint density at radius 3 is 2.52 bits per heavy atom. The van der Waals surface area contributed by atoms with Crippen molar-refractivity contribution in [2.45, 2.75) is 31.3 Å². The largest absolute Gasteiger partial charge is 0.394 e. The van der Waals surface area contributed by atoms with E-state index in [0.29, 0.717) is 11.2 Å². The van der Waals surface area contributed by atoms with Gasteiger partial charge in [-0.3, -0.25) is 0 Å². The zero-order valence-corrected chi connectivity index (χ0v) is 14.2. The summed E-state index contributed by atoms with van der Waals surface area (Å²) in [5.41, 5.74) is 2.82. The van der Waals surface area contributed by atoms with E-state index in [1.54, 1.807) is 0 Å². The predicted molar refractivity (Wildman–Crippen MR) is 92.7 cm³/mol. The number of aromatic nitrogens is 6. The molecule has 3 heterocycles. The molecular formula is C16H18N6O5. The molecule has 142 valence electrons. The monoisotopic (exact) mass is 374 g/mol. The number of H-pyrrole nitrogens is 1. The molecule has 0 saturated carbocycles. The van der Waals surface area contributed by atoms with Crippen LogP contribution in [0.5, 0.6) is 0 Å². The third kappa shape index (κ3) is 2.72. The highest BCUT2D eigenvalue weighted by Crippen LogP contribution is 2.27. The Labute approximate surface area is 151 Å². The number of aliphatic hydroxyl groups is 5. The molecule has 27 heavy (non-hydrogen) atoms. The number of nitrogens with one attached hydrogen (secondary N) is 1. The molecule has 4 atom stereocenters. The van der Waals surface area contributed by atoms with Crippen molar-refractivity contribution in [3.8, 4) is 0 Å². The minimum atomic E-state index is -1.81. The second-order valence-corrected chi connectivity index (χ2v) is 6.44. The van der Waals surface area contributed by atoms with Crippen molar-refractivity contribution in [3.63, 3.8) is 0 Å². The van der Waals surface area contributed by atoms with Crippen LogP contribution in [0.2, 0.25) is 0 Å². The van der Waals surface area contributed by atoms with Crippen LogP contribution in [0.3, 0.4) is 0 Å². The van der Waals surface area contributed by atoms with Crippen LogP contribution in [0, 0.1) is 6.92 Å². The lowest BCUT2D eigenvalue weighted by Crippen LogP contribution is -2.43. The van der Waals surface area contributed by atoms with Gasteiger partial charge in [0.05, 0.1) is 6.61 Å². The third-order valence-corrected chi connectivity index (χ3v) is 4.56. The van der Waals surface area contributed by atoms with Gasteiger partial charge < -0.3 is 30.5 Å². The minimum Gasteiger partial charge on any atom is -0.394 e. The van der Waals surface area contributed by atoms with E-state index in [1.807, 2.05) is 25.1 Å². The molecule has 0 spiro atoms. The van der Waals surface area contributed by atoms with Gasteiger partial charge in [-0.05, 0) is 19.1 Å². The third-order valence-electron chi connectivity index (χ3n) is 4.56. The molecule has 0 saturated heterocycles. The Balaban J connectivity index is 1.89. The molecule has 0 fully saturated rings. The molecule has 4 aromatic rings. The van der Waals surface area contributed by atoms with E-state index < -0.39 is 31.0 Å². The van der Waals surface area contributed by atoms with Gasteiger partial charge in [-0.25, -0.2) is 4.40 Å². The van der Waals surface area contributed by atoms with Crippen molar-refractivity contribution in [1.29, 1.82) is 0 Å².